The first-order chi connectivity index (χ1) is 9.45. The highest BCUT2D eigenvalue weighted by molar-refractivity contribution is 6.28. The average molecular weight is 298 g/mol. The summed E-state index contributed by atoms with van der Waals surface area (Å²) in [6.07, 6.45) is 2.40. The van der Waals surface area contributed by atoms with Crippen LogP contribution >= 0.6 is 11.6 Å². The number of anilines is 2. The van der Waals surface area contributed by atoms with Crippen LogP contribution in [-0.2, 0) is 0 Å². The topological polar surface area (TPSA) is 45.2 Å². The summed E-state index contributed by atoms with van der Waals surface area (Å²) in [5, 5.41) is 0.278. The molecule has 0 aliphatic carbocycles. The molecule has 20 heavy (non-hydrogen) atoms. The molecule has 5 nitrogen and oxygen atoms in total. The van der Waals surface area contributed by atoms with Crippen LogP contribution in [-0.4, -0.2) is 41.1 Å². The van der Waals surface area contributed by atoms with Crippen LogP contribution < -0.4 is 9.80 Å². The van der Waals surface area contributed by atoms with Gasteiger partial charge < -0.3 is 9.80 Å². The molecule has 0 aromatic carbocycles. The van der Waals surface area contributed by atoms with Crippen molar-refractivity contribution in [3.63, 3.8) is 0 Å². The van der Waals surface area contributed by atoms with Crippen LogP contribution in [0, 0.1) is 5.41 Å². The molecule has 0 bridgehead atoms. The van der Waals surface area contributed by atoms with E-state index < -0.39 is 0 Å². The van der Waals surface area contributed by atoms with Crippen LogP contribution in [0.5, 0.6) is 0 Å². The number of halogens is 1. The fourth-order valence-corrected chi connectivity index (χ4v) is 2.86. The lowest BCUT2D eigenvalue weighted by Crippen LogP contribution is -2.41. The fraction of sp³-hybridized carbons (Fsp3) is 0.786. The maximum atomic E-state index is 6.08. The van der Waals surface area contributed by atoms with E-state index in [4.69, 9.17) is 11.6 Å². The van der Waals surface area contributed by atoms with Crippen molar-refractivity contribution >= 4 is 23.5 Å². The molecule has 0 atom stereocenters. The van der Waals surface area contributed by atoms with E-state index in [-0.39, 0.29) is 5.28 Å². The van der Waals surface area contributed by atoms with Crippen molar-refractivity contribution in [1.82, 2.24) is 15.0 Å². The SMILES string of the molecule is CCN(CC)c1nc(Cl)nc(N2CCCC(C)(C)C2)n1. The lowest BCUT2D eigenvalue weighted by atomic mass is 9.84. The Labute approximate surface area is 126 Å². The van der Waals surface area contributed by atoms with E-state index in [1.807, 2.05) is 0 Å². The molecule has 1 aliphatic heterocycles. The Hall–Kier alpha value is -1.10. The van der Waals surface area contributed by atoms with Gasteiger partial charge in [0.15, 0.2) is 0 Å². The van der Waals surface area contributed by atoms with Crippen molar-refractivity contribution < 1.29 is 0 Å². The van der Waals surface area contributed by atoms with Gasteiger partial charge in [-0.3, -0.25) is 0 Å². The molecule has 1 aliphatic rings. The molecular weight excluding hydrogens is 274 g/mol. The molecule has 112 valence electrons. The first kappa shape index (κ1) is 15.3. The Balaban J connectivity index is 2.27. The third kappa shape index (κ3) is 3.51. The summed E-state index contributed by atoms with van der Waals surface area (Å²) >= 11 is 6.08. The van der Waals surface area contributed by atoms with E-state index in [1.54, 1.807) is 0 Å². The number of aromatic nitrogens is 3. The Morgan fingerprint density at radius 1 is 1.20 bits per heavy atom. The van der Waals surface area contributed by atoms with Crippen molar-refractivity contribution in [1.29, 1.82) is 0 Å². The number of hydrogen-bond acceptors (Lipinski definition) is 5. The van der Waals surface area contributed by atoms with Crippen LogP contribution in [0.2, 0.25) is 5.28 Å². The van der Waals surface area contributed by atoms with Gasteiger partial charge >= 0.3 is 0 Å². The predicted molar refractivity (Wildman–Crippen MR) is 83.6 cm³/mol. The van der Waals surface area contributed by atoms with Crippen molar-refractivity contribution in [2.75, 3.05) is 36.0 Å². The van der Waals surface area contributed by atoms with Crippen LogP contribution in [0.15, 0.2) is 0 Å². The molecule has 0 radical (unpaired) electrons. The first-order valence-electron chi connectivity index (χ1n) is 7.36. The standard InChI is InChI=1S/C14H24ClN5/c1-5-19(6-2)12-16-11(15)17-13(18-12)20-9-7-8-14(3,4)10-20/h5-10H2,1-4H3. The minimum absolute atomic E-state index is 0.278. The zero-order valence-electron chi connectivity index (χ0n) is 12.9. The van der Waals surface area contributed by atoms with Crippen LogP contribution in [0.4, 0.5) is 11.9 Å². The van der Waals surface area contributed by atoms with Gasteiger partial charge in [0.25, 0.3) is 0 Å². The van der Waals surface area contributed by atoms with Crippen LogP contribution in [0.1, 0.15) is 40.5 Å². The molecule has 0 saturated carbocycles. The van der Waals surface area contributed by atoms with Crippen molar-refractivity contribution in [2.24, 2.45) is 5.41 Å². The summed E-state index contributed by atoms with van der Waals surface area (Å²) < 4.78 is 0. The molecule has 1 saturated heterocycles. The lowest BCUT2D eigenvalue weighted by Gasteiger charge is -2.38. The molecule has 1 fully saturated rings. The summed E-state index contributed by atoms with van der Waals surface area (Å²) in [5.41, 5.74) is 0.298. The molecular formula is C14H24ClN5. The van der Waals surface area contributed by atoms with E-state index in [2.05, 4.69) is 52.4 Å². The van der Waals surface area contributed by atoms with E-state index in [0.29, 0.717) is 17.3 Å². The van der Waals surface area contributed by atoms with E-state index >= 15 is 0 Å². The van der Waals surface area contributed by atoms with Gasteiger partial charge in [-0.25, -0.2) is 0 Å². The van der Waals surface area contributed by atoms with Gasteiger partial charge in [-0.15, -0.1) is 0 Å². The molecule has 0 N–H and O–H groups in total. The summed E-state index contributed by atoms with van der Waals surface area (Å²) in [6.45, 7) is 12.4. The normalized spacial score (nSPS) is 18.1. The van der Waals surface area contributed by atoms with Gasteiger partial charge in [-0.05, 0) is 43.7 Å². The minimum atomic E-state index is 0.278. The van der Waals surface area contributed by atoms with Crippen LogP contribution in [0.3, 0.4) is 0 Å². The number of rotatable bonds is 4. The zero-order valence-corrected chi connectivity index (χ0v) is 13.6. The van der Waals surface area contributed by atoms with Gasteiger partial charge in [0, 0.05) is 26.2 Å². The quantitative estimate of drug-likeness (QED) is 0.855. The predicted octanol–water partition coefficient (Wildman–Crippen LogP) is 3.00. The van der Waals surface area contributed by atoms with E-state index in [1.165, 1.54) is 6.42 Å². The highest BCUT2D eigenvalue weighted by Crippen LogP contribution is 2.30. The molecule has 0 spiro atoms. The Morgan fingerprint density at radius 3 is 2.50 bits per heavy atom. The average Bonchev–Trinajstić information content (AvgIpc) is 2.38. The third-order valence-corrected chi connectivity index (χ3v) is 3.98. The monoisotopic (exact) mass is 297 g/mol. The number of hydrogen-bond donors (Lipinski definition) is 0. The largest absolute Gasteiger partial charge is 0.341 e. The summed E-state index contributed by atoms with van der Waals surface area (Å²) in [4.78, 5) is 17.5. The van der Waals surface area contributed by atoms with Gasteiger partial charge in [0.1, 0.15) is 0 Å². The highest BCUT2D eigenvalue weighted by Gasteiger charge is 2.28. The molecule has 1 aromatic rings. The van der Waals surface area contributed by atoms with E-state index in [0.717, 1.165) is 32.6 Å². The molecule has 0 unspecified atom stereocenters. The Kier molecular flexibility index (Phi) is 4.68. The Morgan fingerprint density at radius 2 is 1.90 bits per heavy atom. The Bertz CT molecular complexity index is 459. The molecule has 6 heteroatoms. The number of piperidine rings is 1. The van der Waals surface area contributed by atoms with Crippen LogP contribution in [0.25, 0.3) is 0 Å². The third-order valence-electron chi connectivity index (χ3n) is 3.81. The minimum Gasteiger partial charge on any atom is -0.341 e. The lowest BCUT2D eigenvalue weighted by molar-refractivity contribution is 0.291. The van der Waals surface area contributed by atoms with Gasteiger partial charge in [0.2, 0.25) is 17.2 Å². The second kappa shape index (κ2) is 6.12. The summed E-state index contributed by atoms with van der Waals surface area (Å²) in [5.74, 6) is 1.38. The highest BCUT2D eigenvalue weighted by atomic mass is 35.5. The second-order valence-electron chi connectivity index (χ2n) is 6.07. The fourth-order valence-electron chi connectivity index (χ4n) is 2.71. The summed E-state index contributed by atoms with van der Waals surface area (Å²) in [7, 11) is 0. The molecule has 0 amide bonds. The molecule has 2 rings (SSSR count). The maximum absolute atomic E-state index is 6.08. The molecule has 1 aromatic heterocycles. The van der Waals surface area contributed by atoms with Gasteiger partial charge in [-0.2, -0.15) is 15.0 Å². The van der Waals surface area contributed by atoms with E-state index in [9.17, 15) is 0 Å². The van der Waals surface area contributed by atoms with Gasteiger partial charge in [0.05, 0.1) is 0 Å². The van der Waals surface area contributed by atoms with Gasteiger partial charge in [-0.1, -0.05) is 13.8 Å². The number of nitrogens with zero attached hydrogens (tertiary/aromatic N) is 5. The smallest absolute Gasteiger partial charge is 0.231 e. The van der Waals surface area contributed by atoms with Crippen molar-refractivity contribution in [3.05, 3.63) is 5.28 Å². The first-order valence-corrected chi connectivity index (χ1v) is 7.74. The van der Waals surface area contributed by atoms with Crippen molar-refractivity contribution in [2.45, 2.75) is 40.5 Å². The molecule has 2 heterocycles. The zero-order chi connectivity index (χ0) is 14.8. The summed E-state index contributed by atoms with van der Waals surface area (Å²) in [6, 6.07) is 0. The van der Waals surface area contributed by atoms with Crippen molar-refractivity contribution in [3.8, 4) is 0 Å². The second-order valence-corrected chi connectivity index (χ2v) is 6.40. The maximum Gasteiger partial charge on any atom is 0.231 e.